The van der Waals surface area contributed by atoms with Crippen molar-refractivity contribution in [1.29, 1.82) is 0 Å². The lowest BCUT2D eigenvalue weighted by Crippen LogP contribution is -2.60. The summed E-state index contributed by atoms with van der Waals surface area (Å²) < 4.78 is 5.25. The number of ether oxygens (including phenoxy) is 1. The van der Waals surface area contributed by atoms with E-state index in [9.17, 15) is 14.4 Å². The molecule has 2 N–H and O–H groups in total. The van der Waals surface area contributed by atoms with Crippen LogP contribution >= 0.6 is 11.8 Å². The van der Waals surface area contributed by atoms with Gasteiger partial charge in [0.1, 0.15) is 0 Å². The molecule has 7 heteroatoms. The van der Waals surface area contributed by atoms with Gasteiger partial charge < -0.3 is 15.4 Å². The highest BCUT2D eigenvalue weighted by atomic mass is 32.2. The van der Waals surface area contributed by atoms with Crippen molar-refractivity contribution in [3.05, 3.63) is 65.7 Å². The molecule has 2 aromatic rings. The van der Waals surface area contributed by atoms with Gasteiger partial charge >= 0.3 is 5.97 Å². The molecule has 0 unspecified atom stereocenters. The second kappa shape index (κ2) is 10.4. The molecule has 0 heterocycles. The summed E-state index contributed by atoms with van der Waals surface area (Å²) in [5, 5.41) is 6.13. The van der Waals surface area contributed by atoms with Gasteiger partial charge in [0, 0.05) is 17.0 Å². The van der Waals surface area contributed by atoms with Crippen molar-refractivity contribution in [3.63, 3.8) is 0 Å². The van der Waals surface area contributed by atoms with Crippen molar-refractivity contribution >= 4 is 29.5 Å². The smallest absolute Gasteiger partial charge is 0.339 e. The zero-order chi connectivity index (χ0) is 24.3. The van der Waals surface area contributed by atoms with Crippen LogP contribution in [0.1, 0.15) is 54.4 Å². The average Bonchev–Trinajstić information content (AvgIpc) is 2.84. The summed E-state index contributed by atoms with van der Waals surface area (Å²) in [5.74, 6) is 1.68. The first-order chi connectivity index (χ1) is 17.0. The molecule has 2 aromatic carbocycles. The van der Waals surface area contributed by atoms with Crippen LogP contribution < -0.4 is 10.6 Å². The van der Waals surface area contributed by atoms with Crippen LogP contribution in [-0.2, 0) is 20.9 Å². The maximum absolute atomic E-state index is 12.9. The third-order valence-electron chi connectivity index (χ3n) is 7.58. The number of carbonyl (C=O) groups is 3. The largest absolute Gasteiger partial charge is 0.452 e. The number of amides is 2. The molecule has 184 valence electrons. The van der Waals surface area contributed by atoms with Gasteiger partial charge in [-0.25, -0.2) is 4.79 Å². The molecule has 0 aliphatic heterocycles. The van der Waals surface area contributed by atoms with Crippen LogP contribution in [-0.4, -0.2) is 35.7 Å². The highest BCUT2D eigenvalue weighted by molar-refractivity contribution is 8.00. The van der Waals surface area contributed by atoms with Gasteiger partial charge in [-0.3, -0.25) is 9.59 Å². The standard InChI is InChI=1S/C28H32N2O4S/c31-25(29-16-19-6-2-1-3-7-19)17-34-27(33)23-8-4-5-9-24(23)35-18-26(32)30-28-13-20-10-21(14-28)12-22(11-20)15-28/h1-9,20-22H,10-18H2,(H,29,31)(H,30,32). The van der Waals surface area contributed by atoms with E-state index in [1.165, 1.54) is 31.0 Å². The van der Waals surface area contributed by atoms with Crippen LogP contribution in [0.2, 0.25) is 0 Å². The lowest BCUT2D eigenvalue weighted by molar-refractivity contribution is -0.125. The normalized spacial score (nSPS) is 26.2. The van der Waals surface area contributed by atoms with E-state index in [0.29, 0.717) is 17.0 Å². The molecule has 4 aliphatic rings. The minimum absolute atomic E-state index is 0.0159. The summed E-state index contributed by atoms with van der Waals surface area (Å²) >= 11 is 1.34. The maximum atomic E-state index is 12.9. The predicted molar refractivity (Wildman–Crippen MR) is 135 cm³/mol. The summed E-state index contributed by atoms with van der Waals surface area (Å²) in [6.07, 6.45) is 7.36. The Kier molecular flexibility index (Phi) is 7.14. The van der Waals surface area contributed by atoms with Gasteiger partial charge in [-0.05, 0) is 74.0 Å². The van der Waals surface area contributed by atoms with Gasteiger partial charge in [0.05, 0.1) is 11.3 Å². The molecule has 4 aliphatic carbocycles. The molecule has 2 amide bonds. The highest BCUT2D eigenvalue weighted by Gasteiger charge is 2.51. The number of nitrogens with one attached hydrogen (secondary N) is 2. The molecular weight excluding hydrogens is 460 g/mol. The van der Waals surface area contributed by atoms with E-state index in [-0.39, 0.29) is 29.7 Å². The van der Waals surface area contributed by atoms with E-state index in [0.717, 1.165) is 42.6 Å². The second-order valence-electron chi connectivity index (χ2n) is 10.4. The first-order valence-electron chi connectivity index (χ1n) is 12.5. The van der Waals surface area contributed by atoms with Crippen LogP contribution in [0.25, 0.3) is 0 Å². The van der Waals surface area contributed by atoms with Crippen LogP contribution in [0.4, 0.5) is 0 Å². The Bertz CT molecular complexity index is 1050. The van der Waals surface area contributed by atoms with E-state index >= 15 is 0 Å². The van der Waals surface area contributed by atoms with Crippen molar-refractivity contribution in [1.82, 2.24) is 10.6 Å². The molecule has 4 saturated carbocycles. The molecule has 4 bridgehead atoms. The van der Waals surface area contributed by atoms with Crippen molar-refractivity contribution in [2.75, 3.05) is 12.4 Å². The summed E-state index contributed by atoms with van der Waals surface area (Å²) in [7, 11) is 0. The van der Waals surface area contributed by atoms with E-state index in [2.05, 4.69) is 10.6 Å². The Morgan fingerprint density at radius 3 is 2.17 bits per heavy atom. The van der Waals surface area contributed by atoms with Gasteiger partial charge in [0.25, 0.3) is 5.91 Å². The highest BCUT2D eigenvalue weighted by Crippen LogP contribution is 2.55. The van der Waals surface area contributed by atoms with Gasteiger partial charge in [0.15, 0.2) is 6.61 Å². The Morgan fingerprint density at radius 2 is 1.49 bits per heavy atom. The Hall–Kier alpha value is -2.80. The maximum Gasteiger partial charge on any atom is 0.339 e. The summed E-state index contributed by atoms with van der Waals surface area (Å²) in [4.78, 5) is 38.3. The molecule has 4 fully saturated rings. The van der Waals surface area contributed by atoms with Crippen molar-refractivity contribution in [3.8, 4) is 0 Å². The van der Waals surface area contributed by atoms with Gasteiger partial charge in [-0.2, -0.15) is 0 Å². The lowest BCUT2D eigenvalue weighted by atomic mass is 9.53. The van der Waals surface area contributed by atoms with Crippen LogP contribution in [0.15, 0.2) is 59.5 Å². The molecule has 0 aromatic heterocycles. The zero-order valence-electron chi connectivity index (χ0n) is 19.8. The number of thioether (sulfide) groups is 1. The molecule has 35 heavy (non-hydrogen) atoms. The molecule has 6 rings (SSSR count). The topological polar surface area (TPSA) is 84.5 Å². The van der Waals surface area contributed by atoms with Crippen molar-refractivity contribution in [2.24, 2.45) is 17.8 Å². The number of carbonyl (C=O) groups excluding carboxylic acids is 3. The van der Waals surface area contributed by atoms with Gasteiger partial charge in [-0.1, -0.05) is 42.5 Å². The number of benzene rings is 2. The predicted octanol–water partition coefficient (Wildman–Crippen LogP) is 4.34. The van der Waals surface area contributed by atoms with Crippen LogP contribution in [0.5, 0.6) is 0 Å². The third-order valence-corrected chi connectivity index (χ3v) is 8.65. The minimum Gasteiger partial charge on any atom is -0.452 e. The first kappa shape index (κ1) is 23.9. The Balaban J connectivity index is 1.11. The zero-order valence-corrected chi connectivity index (χ0v) is 20.6. The first-order valence-corrected chi connectivity index (χ1v) is 13.5. The Morgan fingerprint density at radius 1 is 0.857 bits per heavy atom. The van der Waals surface area contributed by atoms with Gasteiger partial charge in [0.2, 0.25) is 5.91 Å². The fraction of sp³-hybridized carbons (Fsp3) is 0.464. The van der Waals surface area contributed by atoms with E-state index in [4.69, 9.17) is 4.74 Å². The number of hydrogen-bond donors (Lipinski definition) is 2. The molecule has 0 saturated heterocycles. The molecule has 6 nitrogen and oxygen atoms in total. The lowest BCUT2D eigenvalue weighted by Gasteiger charge is -2.56. The minimum atomic E-state index is -0.565. The van der Waals surface area contributed by atoms with Crippen molar-refractivity contribution < 1.29 is 19.1 Å². The number of hydrogen-bond acceptors (Lipinski definition) is 5. The monoisotopic (exact) mass is 492 g/mol. The number of rotatable bonds is 9. The SMILES string of the molecule is O=C(COC(=O)c1ccccc1SCC(=O)NC12CC3CC(CC(C3)C1)C2)NCc1ccccc1. The fourth-order valence-corrected chi connectivity index (χ4v) is 7.40. The van der Waals surface area contributed by atoms with Crippen LogP contribution in [0, 0.1) is 17.8 Å². The molecule has 0 spiro atoms. The number of esters is 1. The third kappa shape index (κ3) is 5.89. The fourth-order valence-electron chi connectivity index (χ4n) is 6.56. The van der Waals surface area contributed by atoms with E-state index < -0.39 is 5.97 Å². The van der Waals surface area contributed by atoms with E-state index in [1.807, 2.05) is 42.5 Å². The quantitative estimate of drug-likeness (QED) is 0.402. The second-order valence-corrected chi connectivity index (χ2v) is 11.4. The van der Waals surface area contributed by atoms with E-state index in [1.54, 1.807) is 12.1 Å². The summed E-state index contributed by atoms with van der Waals surface area (Å²) in [6, 6.07) is 16.6. The average molecular weight is 493 g/mol. The molecular formula is C28H32N2O4S. The summed E-state index contributed by atoms with van der Waals surface area (Å²) in [5.41, 5.74) is 1.33. The van der Waals surface area contributed by atoms with Crippen LogP contribution in [0.3, 0.4) is 0 Å². The molecule has 0 atom stereocenters. The summed E-state index contributed by atoms with van der Waals surface area (Å²) in [6.45, 7) is 0.0275. The van der Waals surface area contributed by atoms with Gasteiger partial charge in [-0.15, -0.1) is 11.8 Å². The van der Waals surface area contributed by atoms with Crippen molar-refractivity contribution in [2.45, 2.75) is 55.5 Å². The molecule has 0 radical (unpaired) electrons. The Labute approximate surface area is 210 Å².